The summed E-state index contributed by atoms with van der Waals surface area (Å²) in [5.41, 5.74) is 6.64. The first-order chi connectivity index (χ1) is 6.83. The van der Waals surface area contributed by atoms with Gasteiger partial charge in [-0.2, -0.15) is 11.8 Å². The number of nitrogens with two attached hydrogens (primary N) is 1. The van der Waals surface area contributed by atoms with Crippen LogP contribution in [0.25, 0.3) is 0 Å². The second kappa shape index (κ2) is 6.87. The molecule has 0 heterocycles. The monoisotopic (exact) mass is 211 g/mol. The number of hydrogen-bond donors (Lipinski definition) is 2. The molecule has 1 rings (SSSR count). The smallest absolute Gasteiger partial charge is 0.0670 e. The van der Waals surface area contributed by atoms with Crippen LogP contribution in [-0.2, 0) is 5.75 Å². The van der Waals surface area contributed by atoms with E-state index in [1.165, 1.54) is 5.56 Å². The molecule has 14 heavy (non-hydrogen) atoms. The fraction of sp³-hybridized carbons (Fsp3) is 0.455. The molecule has 78 valence electrons. The minimum absolute atomic E-state index is 0.335. The van der Waals surface area contributed by atoms with Crippen LogP contribution in [0.1, 0.15) is 12.0 Å². The van der Waals surface area contributed by atoms with E-state index in [4.69, 9.17) is 5.73 Å². The fourth-order valence-electron chi connectivity index (χ4n) is 1.10. The van der Waals surface area contributed by atoms with Gasteiger partial charge in [0.15, 0.2) is 0 Å². The summed E-state index contributed by atoms with van der Waals surface area (Å²) in [5, 5.41) is 9.22. The lowest BCUT2D eigenvalue weighted by atomic mass is 10.2. The highest BCUT2D eigenvalue weighted by Gasteiger charge is 2.00. The summed E-state index contributed by atoms with van der Waals surface area (Å²) in [6, 6.07) is 10.3. The predicted octanol–water partition coefficient (Wildman–Crippen LogP) is 1.63. The van der Waals surface area contributed by atoms with Crippen molar-refractivity contribution in [2.24, 2.45) is 5.73 Å². The first kappa shape index (κ1) is 11.6. The van der Waals surface area contributed by atoms with E-state index in [2.05, 4.69) is 12.1 Å². The van der Waals surface area contributed by atoms with Crippen molar-refractivity contribution in [1.29, 1.82) is 0 Å². The van der Waals surface area contributed by atoms with Crippen LogP contribution < -0.4 is 5.73 Å². The number of benzene rings is 1. The number of rotatable bonds is 6. The zero-order chi connectivity index (χ0) is 10.2. The third-order valence-electron chi connectivity index (χ3n) is 1.98. The molecule has 3 heteroatoms. The average molecular weight is 211 g/mol. The van der Waals surface area contributed by atoms with E-state index in [-0.39, 0.29) is 6.10 Å². The molecule has 0 fully saturated rings. The van der Waals surface area contributed by atoms with E-state index in [1.54, 1.807) is 0 Å². The molecule has 0 aliphatic carbocycles. The van der Waals surface area contributed by atoms with Crippen LogP contribution >= 0.6 is 11.8 Å². The number of aliphatic hydroxyl groups is 1. The van der Waals surface area contributed by atoms with Crippen LogP contribution in [0.5, 0.6) is 0 Å². The quantitative estimate of drug-likeness (QED) is 0.703. The van der Waals surface area contributed by atoms with Gasteiger partial charge >= 0.3 is 0 Å². The molecule has 3 N–H and O–H groups in total. The molecule has 0 radical (unpaired) electrons. The third kappa shape index (κ3) is 4.65. The lowest BCUT2D eigenvalue weighted by Gasteiger charge is -2.06. The normalized spacial score (nSPS) is 12.7. The highest BCUT2D eigenvalue weighted by Crippen LogP contribution is 2.13. The Morgan fingerprint density at radius 1 is 1.29 bits per heavy atom. The topological polar surface area (TPSA) is 46.2 Å². The van der Waals surface area contributed by atoms with E-state index in [0.717, 1.165) is 17.9 Å². The summed E-state index contributed by atoms with van der Waals surface area (Å²) in [6.45, 7) is 0.367. The Bertz CT molecular complexity index is 240. The lowest BCUT2D eigenvalue weighted by Crippen LogP contribution is -2.20. The Balaban J connectivity index is 2.10. The number of aliphatic hydroxyl groups excluding tert-OH is 1. The molecule has 0 amide bonds. The molecular formula is C11H17NOS. The molecule has 0 saturated heterocycles. The Hall–Kier alpha value is -0.510. The van der Waals surface area contributed by atoms with Gasteiger partial charge in [-0.3, -0.25) is 0 Å². The predicted molar refractivity (Wildman–Crippen MR) is 62.3 cm³/mol. The van der Waals surface area contributed by atoms with Gasteiger partial charge < -0.3 is 10.8 Å². The van der Waals surface area contributed by atoms with Crippen molar-refractivity contribution in [3.8, 4) is 0 Å². The SMILES string of the molecule is NCC(O)CCSCc1ccccc1. The molecule has 0 aliphatic rings. The van der Waals surface area contributed by atoms with Gasteiger partial charge in [0.2, 0.25) is 0 Å². The lowest BCUT2D eigenvalue weighted by molar-refractivity contribution is 0.180. The zero-order valence-electron chi connectivity index (χ0n) is 8.23. The molecule has 1 aromatic carbocycles. The van der Waals surface area contributed by atoms with Gasteiger partial charge in [-0.15, -0.1) is 0 Å². The maximum absolute atomic E-state index is 9.22. The highest BCUT2D eigenvalue weighted by molar-refractivity contribution is 7.98. The molecule has 1 atom stereocenters. The van der Waals surface area contributed by atoms with Crippen LogP contribution in [0.3, 0.4) is 0 Å². The van der Waals surface area contributed by atoms with Crippen molar-refractivity contribution in [3.63, 3.8) is 0 Å². The van der Waals surface area contributed by atoms with Crippen molar-refractivity contribution in [2.45, 2.75) is 18.3 Å². The maximum Gasteiger partial charge on any atom is 0.0670 e. The molecule has 2 nitrogen and oxygen atoms in total. The summed E-state index contributed by atoms with van der Waals surface area (Å²) in [5.74, 6) is 1.98. The second-order valence-electron chi connectivity index (χ2n) is 3.22. The second-order valence-corrected chi connectivity index (χ2v) is 4.32. The van der Waals surface area contributed by atoms with Gasteiger partial charge in [0.1, 0.15) is 0 Å². The zero-order valence-corrected chi connectivity index (χ0v) is 9.04. The summed E-state index contributed by atoms with van der Waals surface area (Å²) in [7, 11) is 0. The fourth-order valence-corrected chi connectivity index (χ4v) is 2.11. The average Bonchev–Trinajstić information content (AvgIpc) is 2.25. The van der Waals surface area contributed by atoms with Crippen molar-refractivity contribution < 1.29 is 5.11 Å². The Kier molecular flexibility index (Phi) is 5.68. The molecule has 0 spiro atoms. The van der Waals surface area contributed by atoms with E-state index in [0.29, 0.717) is 6.54 Å². The first-order valence-corrected chi connectivity index (χ1v) is 5.98. The summed E-state index contributed by atoms with van der Waals surface area (Å²) < 4.78 is 0. The molecule has 0 saturated carbocycles. The van der Waals surface area contributed by atoms with E-state index < -0.39 is 0 Å². The molecule has 0 aliphatic heterocycles. The van der Waals surface area contributed by atoms with Gasteiger partial charge in [-0.25, -0.2) is 0 Å². The van der Waals surface area contributed by atoms with Gasteiger partial charge in [0.25, 0.3) is 0 Å². The van der Waals surface area contributed by atoms with Gasteiger partial charge in [0.05, 0.1) is 6.10 Å². The Morgan fingerprint density at radius 3 is 2.64 bits per heavy atom. The standard InChI is InChI=1S/C11H17NOS/c12-8-11(13)6-7-14-9-10-4-2-1-3-5-10/h1-5,11,13H,6-9,12H2. The van der Waals surface area contributed by atoms with Gasteiger partial charge in [0, 0.05) is 12.3 Å². The van der Waals surface area contributed by atoms with Crippen LogP contribution in [-0.4, -0.2) is 23.5 Å². The van der Waals surface area contributed by atoms with E-state index >= 15 is 0 Å². The van der Waals surface area contributed by atoms with Crippen LogP contribution in [0.2, 0.25) is 0 Å². The number of hydrogen-bond acceptors (Lipinski definition) is 3. The molecule has 1 aromatic rings. The molecule has 1 unspecified atom stereocenters. The van der Waals surface area contributed by atoms with Crippen LogP contribution in [0.15, 0.2) is 30.3 Å². The summed E-state index contributed by atoms with van der Waals surface area (Å²) in [4.78, 5) is 0. The Morgan fingerprint density at radius 2 is 2.00 bits per heavy atom. The van der Waals surface area contributed by atoms with E-state index in [9.17, 15) is 5.11 Å². The van der Waals surface area contributed by atoms with E-state index in [1.807, 2.05) is 30.0 Å². The third-order valence-corrected chi connectivity index (χ3v) is 3.04. The minimum atomic E-state index is -0.335. The molecule has 0 aromatic heterocycles. The molecule has 0 bridgehead atoms. The summed E-state index contributed by atoms with van der Waals surface area (Å²) in [6.07, 6.45) is 0.451. The Labute approximate surface area is 89.5 Å². The van der Waals surface area contributed by atoms with Crippen LogP contribution in [0.4, 0.5) is 0 Å². The van der Waals surface area contributed by atoms with Crippen molar-refractivity contribution in [3.05, 3.63) is 35.9 Å². The maximum atomic E-state index is 9.22. The number of thioether (sulfide) groups is 1. The van der Waals surface area contributed by atoms with Crippen molar-refractivity contribution >= 4 is 11.8 Å². The summed E-state index contributed by atoms with van der Waals surface area (Å²) >= 11 is 1.83. The first-order valence-electron chi connectivity index (χ1n) is 4.82. The highest BCUT2D eigenvalue weighted by atomic mass is 32.2. The minimum Gasteiger partial charge on any atom is -0.392 e. The van der Waals surface area contributed by atoms with Gasteiger partial charge in [-0.05, 0) is 17.7 Å². The van der Waals surface area contributed by atoms with Gasteiger partial charge in [-0.1, -0.05) is 30.3 Å². The molecular weight excluding hydrogens is 194 g/mol. The van der Waals surface area contributed by atoms with Crippen molar-refractivity contribution in [2.75, 3.05) is 12.3 Å². The van der Waals surface area contributed by atoms with Crippen molar-refractivity contribution in [1.82, 2.24) is 0 Å². The largest absolute Gasteiger partial charge is 0.392 e. The van der Waals surface area contributed by atoms with Crippen LogP contribution in [0, 0.1) is 0 Å².